The van der Waals surface area contributed by atoms with Crippen molar-refractivity contribution in [2.45, 2.75) is 45.6 Å². The van der Waals surface area contributed by atoms with E-state index in [0.29, 0.717) is 56.0 Å². The molecule has 2 saturated heterocycles. The third-order valence-corrected chi connectivity index (χ3v) is 8.29. The van der Waals surface area contributed by atoms with E-state index >= 15 is 0 Å². The van der Waals surface area contributed by atoms with Gasteiger partial charge in [-0.3, -0.25) is 10.2 Å². The first-order chi connectivity index (χ1) is 23.3. The van der Waals surface area contributed by atoms with Crippen LogP contribution in [0, 0.1) is 18.6 Å². The maximum absolute atomic E-state index is 13.1. The molecule has 0 spiro atoms. The van der Waals surface area contributed by atoms with Crippen molar-refractivity contribution in [3.8, 4) is 11.6 Å². The zero-order valence-corrected chi connectivity index (χ0v) is 29.1. The third kappa shape index (κ3) is 11.1. The van der Waals surface area contributed by atoms with E-state index in [1.807, 2.05) is 58.0 Å². The summed E-state index contributed by atoms with van der Waals surface area (Å²) in [5.74, 6) is -0.308. The Labute approximate surface area is 287 Å². The highest BCUT2D eigenvalue weighted by atomic mass is 19.2. The molecule has 1 unspecified atom stereocenters. The van der Waals surface area contributed by atoms with Crippen LogP contribution in [0.15, 0.2) is 48.5 Å². The van der Waals surface area contributed by atoms with Gasteiger partial charge in [-0.15, -0.1) is 5.10 Å². The Bertz CT molecular complexity index is 1520. The summed E-state index contributed by atoms with van der Waals surface area (Å²) in [5, 5.41) is 7.15. The zero-order chi connectivity index (χ0) is 35.6. The smallest absolute Gasteiger partial charge is 0.410 e. The topological polar surface area (TPSA) is 127 Å². The Balaban J connectivity index is 0.000000266. The second-order valence-corrected chi connectivity index (χ2v) is 13.1. The van der Waals surface area contributed by atoms with Crippen molar-refractivity contribution in [2.24, 2.45) is 5.73 Å². The van der Waals surface area contributed by atoms with Crippen LogP contribution in [0.5, 0.6) is 5.88 Å². The number of rotatable bonds is 10. The summed E-state index contributed by atoms with van der Waals surface area (Å²) in [5.41, 5.74) is 7.22. The Morgan fingerprint density at radius 2 is 1.65 bits per heavy atom. The monoisotopic (exact) mass is 685 g/mol. The minimum Gasteiger partial charge on any atom is -0.475 e. The van der Waals surface area contributed by atoms with E-state index in [1.54, 1.807) is 22.8 Å². The number of nitrogens with one attached hydrogen (secondary N) is 1. The number of piperazine rings is 1. The number of hydrogen-bond donors (Lipinski definition) is 2. The number of primary amides is 1. The minimum atomic E-state index is -0.775. The molecule has 2 aliphatic rings. The fourth-order valence-corrected chi connectivity index (χ4v) is 5.68. The first-order valence-corrected chi connectivity index (χ1v) is 16.6. The molecule has 2 fully saturated rings. The summed E-state index contributed by atoms with van der Waals surface area (Å²) >= 11 is 0. The second-order valence-electron chi connectivity index (χ2n) is 13.1. The number of para-hydroxylation sites is 1. The number of amides is 3. The Hall–Kier alpha value is -4.27. The lowest BCUT2D eigenvalue weighted by Gasteiger charge is -2.35. The molecular formula is C35H49F2N7O5. The van der Waals surface area contributed by atoms with E-state index in [-0.39, 0.29) is 6.09 Å². The summed E-state index contributed by atoms with van der Waals surface area (Å²) in [6.07, 6.45) is 0.722. The fourth-order valence-electron chi connectivity index (χ4n) is 5.68. The summed E-state index contributed by atoms with van der Waals surface area (Å²) in [6.45, 7) is 14.8. The summed E-state index contributed by atoms with van der Waals surface area (Å²) in [7, 11) is 1.68. The molecule has 49 heavy (non-hydrogen) atoms. The SMILES string of the molecule is COCCN1CCC(c2ccc(F)c(F)c2)C1.Cc1c(OCCN2CCN(C(=O)OC(C)(C)C)CC2)nn(-c2ccccc2)c1NC(N)=O. The molecule has 12 nitrogen and oxygen atoms in total. The van der Waals surface area contributed by atoms with E-state index < -0.39 is 23.3 Å². The first-order valence-electron chi connectivity index (χ1n) is 16.6. The molecule has 2 aliphatic heterocycles. The van der Waals surface area contributed by atoms with Gasteiger partial charge in [0.2, 0.25) is 5.88 Å². The van der Waals surface area contributed by atoms with E-state index in [1.165, 1.54) is 12.1 Å². The van der Waals surface area contributed by atoms with Crippen LogP contribution in [0.3, 0.4) is 0 Å². The van der Waals surface area contributed by atoms with Crippen LogP contribution in [0.2, 0.25) is 0 Å². The van der Waals surface area contributed by atoms with Gasteiger partial charge < -0.3 is 29.7 Å². The third-order valence-electron chi connectivity index (χ3n) is 8.29. The van der Waals surface area contributed by atoms with Crippen molar-refractivity contribution in [1.29, 1.82) is 0 Å². The maximum Gasteiger partial charge on any atom is 0.410 e. The van der Waals surface area contributed by atoms with Crippen LogP contribution in [0.25, 0.3) is 5.69 Å². The lowest BCUT2D eigenvalue weighted by Crippen LogP contribution is -2.50. The number of halogens is 2. The number of hydrogen-bond acceptors (Lipinski definition) is 8. The number of carbonyl (C=O) groups is 2. The maximum atomic E-state index is 13.1. The van der Waals surface area contributed by atoms with Crippen LogP contribution >= 0.6 is 0 Å². The van der Waals surface area contributed by atoms with E-state index in [9.17, 15) is 18.4 Å². The molecular weight excluding hydrogens is 636 g/mol. The van der Waals surface area contributed by atoms with Gasteiger partial charge in [-0.2, -0.15) is 0 Å². The molecule has 0 saturated carbocycles. The molecule has 1 aromatic heterocycles. The van der Waals surface area contributed by atoms with E-state index in [4.69, 9.17) is 19.9 Å². The van der Waals surface area contributed by atoms with Crippen molar-refractivity contribution in [2.75, 3.05) is 78.0 Å². The number of aromatic nitrogens is 2. The van der Waals surface area contributed by atoms with Gasteiger partial charge in [0, 0.05) is 52.9 Å². The molecule has 268 valence electrons. The number of anilines is 1. The lowest BCUT2D eigenvalue weighted by molar-refractivity contribution is 0.0136. The number of nitrogens with two attached hydrogens (primary N) is 1. The fraction of sp³-hybridized carbons (Fsp3) is 0.514. The number of nitrogens with zero attached hydrogens (tertiary/aromatic N) is 5. The number of likely N-dealkylation sites (tertiary alicyclic amines) is 1. The largest absolute Gasteiger partial charge is 0.475 e. The zero-order valence-electron chi connectivity index (χ0n) is 29.1. The first kappa shape index (κ1) is 37.5. The normalized spacial score (nSPS) is 17.0. The molecule has 2 aromatic carbocycles. The lowest BCUT2D eigenvalue weighted by atomic mass is 9.98. The van der Waals surface area contributed by atoms with Gasteiger partial charge in [-0.1, -0.05) is 24.3 Å². The van der Waals surface area contributed by atoms with Crippen molar-refractivity contribution in [3.05, 3.63) is 71.3 Å². The highest BCUT2D eigenvalue weighted by molar-refractivity contribution is 5.88. The van der Waals surface area contributed by atoms with Gasteiger partial charge >= 0.3 is 12.1 Å². The molecule has 0 aliphatic carbocycles. The molecule has 5 rings (SSSR count). The van der Waals surface area contributed by atoms with Crippen LogP contribution in [0.4, 0.5) is 24.2 Å². The Morgan fingerprint density at radius 3 is 2.29 bits per heavy atom. The van der Waals surface area contributed by atoms with Crippen molar-refractivity contribution in [3.63, 3.8) is 0 Å². The van der Waals surface area contributed by atoms with Crippen molar-refractivity contribution < 1.29 is 32.6 Å². The van der Waals surface area contributed by atoms with E-state index in [2.05, 4.69) is 20.2 Å². The molecule has 3 N–H and O–H groups in total. The minimum absolute atomic E-state index is 0.273. The van der Waals surface area contributed by atoms with E-state index in [0.717, 1.165) is 50.4 Å². The van der Waals surface area contributed by atoms with Crippen molar-refractivity contribution >= 4 is 17.9 Å². The molecule has 0 radical (unpaired) electrons. The van der Waals surface area contributed by atoms with Crippen LogP contribution in [-0.2, 0) is 9.47 Å². The Morgan fingerprint density at radius 1 is 0.959 bits per heavy atom. The molecule has 1 atom stereocenters. The second kappa shape index (κ2) is 17.4. The number of urea groups is 1. The van der Waals surface area contributed by atoms with Crippen LogP contribution in [0.1, 0.15) is 44.2 Å². The molecule has 14 heteroatoms. The molecule has 3 heterocycles. The standard InChI is InChI=1S/C22H32N6O4.C13H17F2NO/c1-16-18(24-20(23)29)28(17-8-6-5-7-9-17)25-19(16)31-15-14-26-10-12-27(13-11-26)21(30)32-22(2,3)4;1-17-7-6-16-5-4-11(9-16)10-2-3-12(14)13(15)8-10/h5-9H,10-15H2,1-4H3,(H3,23,24,29);2-3,8,11H,4-7,9H2,1H3. The quantitative estimate of drug-likeness (QED) is 0.305. The number of carbonyl (C=O) groups excluding carboxylic acids is 2. The highest BCUT2D eigenvalue weighted by Crippen LogP contribution is 2.29. The summed E-state index contributed by atoms with van der Waals surface area (Å²) < 4.78 is 44.0. The average Bonchev–Trinajstić information content (AvgIpc) is 3.66. The Kier molecular flexibility index (Phi) is 13.3. The number of benzene rings is 2. The molecule has 0 bridgehead atoms. The van der Waals surface area contributed by atoms with Crippen LogP contribution < -0.4 is 15.8 Å². The highest BCUT2D eigenvalue weighted by Gasteiger charge is 2.27. The predicted octanol–water partition coefficient (Wildman–Crippen LogP) is 5.00. The predicted molar refractivity (Wildman–Crippen MR) is 183 cm³/mol. The van der Waals surface area contributed by atoms with Gasteiger partial charge in [0.15, 0.2) is 11.6 Å². The van der Waals surface area contributed by atoms with Gasteiger partial charge in [0.1, 0.15) is 18.0 Å². The summed E-state index contributed by atoms with van der Waals surface area (Å²) in [6, 6.07) is 13.0. The molecule has 3 aromatic rings. The van der Waals surface area contributed by atoms with Gasteiger partial charge in [0.05, 0.1) is 17.9 Å². The number of ether oxygens (including phenoxy) is 3. The summed E-state index contributed by atoms with van der Waals surface area (Å²) in [4.78, 5) is 29.9. The van der Waals surface area contributed by atoms with Crippen LogP contribution in [-0.4, -0.2) is 115 Å². The van der Waals surface area contributed by atoms with Crippen molar-refractivity contribution in [1.82, 2.24) is 24.5 Å². The van der Waals surface area contributed by atoms with Gasteiger partial charge in [0.25, 0.3) is 0 Å². The van der Waals surface area contributed by atoms with Gasteiger partial charge in [-0.05, 0) is 76.4 Å². The average molecular weight is 686 g/mol. The van der Waals surface area contributed by atoms with Gasteiger partial charge in [-0.25, -0.2) is 23.1 Å². The number of methoxy groups -OCH3 is 1. The molecule has 3 amide bonds.